The van der Waals surface area contributed by atoms with Gasteiger partial charge in [-0.1, -0.05) is 13.8 Å². The lowest BCUT2D eigenvalue weighted by molar-refractivity contribution is 0.108. The van der Waals surface area contributed by atoms with Crippen molar-refractivity contribution in [1.29, 1.82) is 0 Å². The van der Waals surface area contributed by atoms with E-state index in [-0.39, 0.29) is 0 Å². The molecule has 2 N–H and O–H groups in total. The van der Waals surface area contributed by atoms with E-state index in [0.717, 1.165) is 64.7 Å². The number of rotatable bonds is 9. The van der Waals surface area contributed by atoms with Crippen molar-refractivity contribution in [2.75, 3.05) is 39.5 Å². The highest BCUT2D eigenvalue weighted by molar-refractivity contribution is 5.79. The Morgan fingerprint density at radius 1 is 1.40 bits per heavy atom. The van der Waals surface area contributed by atoms with Crippen molar-refractivity contribution < 1.29 is 9.47 Å². The number of guanidine groups is 1. The Labute approximate surface area is 123 Å². The molecule has 0 aliphatic carbocycles. The van der Waals surface area contributed by atoms with Gasteiger partial charge in [-0.15, -0.1) is 0 Å². The number of nitrogens with zero attached hydrogens (tertiary/aromatic N) is 1. The predicted molar refractivity (Wildman–Crippen MR) is 83.2 cm³/mol. The summed E-state index contributed by atoms with van der Waals surface area (Å²) in [6.45, 7) is 11.4. The number of ether oxygens (including phenoxy) is 2. The first-order valence-electron chi connectivity index (χ1n) is 7.94. The average Bonchev–Trinajstić information content (AvgIpc) is 2.92. The Morgan fingerprint density at radius 2 is 2.25 bits per heavy atom. The van der Waals surface area contributed by atoms with Crippen molar-refractivity contribution in [2.45, 2.75) is 46.1 Å². The topological polar surface area (TPSA) is 54.9 Å². The van der Waals surface area contributed by atoms with Gasteiger partial charge in [-0.25, -0.2) is 0 Å². The Hall–Kier alpha value is -0.810. The largest absolute Gasteiger partial charge is 0.381 e. The van der Waals surface area contributed by atoms with Gasteiger partial charge in [-0.3, -0.25) is 4.99 Å². The van der Waals surface area contributed by atoms with Crippen molar-refractivity contribution in [2.24, 2.45) is 10.9 Å². The van der Waals surface area contributed by atoms with Crippen LogP contribution in [0, 0.1) is 5.92 Å². The maximum absolute atomic E-state index is 5.58. The molecular weight excluding hydrogens is 254 g/mol. The van der Waals surface area contributed by atoms with Crippen LogP contribution in [-0.4, -0.2) is 51.5 Å². The third-order valence-corrected chi connectivity index (χ3v) is 3.03. The highest BCUT2D eigenvalue weighted by Crippen LogP contribution is 2.11. The smallest absolute Gasteiger partial charge is 0.191 e. The molecule has 1 unspecified atom stereocenters. The fourth-order valence-electron chi connectivity index (χ4n) is 2.02. The van der Waals surface area contributed by atoms with E-state index in [1.165, 1.54) is 0 Å². The summed E-state index contributed by atoms with van der Waals surface area (Å²) in [5.74, 6) is 1.49. The summed E-state index contributed by atoms with van der Waals surface area (Å²) in [7, 11) is 0. The first-order valence-corrected chi connectivity index (χ1v) is 7.94. The van der Waals surface area contributed by atoms with Gasteiger partial charge in [0.2, 0.25) is 0 Å². The van der Waals surface area contributed by atoms with E-state index in [1.54, 1.807) is 0 Å². The first kappa shape index (κ1) is 17.2. The van der Waals surface area contributed by atoms with Crippen LogP contribution in [0.15, 0.2) is 4.99 Å². The highest BCUT2D eigenvalue weighted by Gasteiger charge is 2.14. The number of nitrogens with one attached hydrogen (secondary N) is 2. The van der Waals surface area contributed by atoms with Gasteiger partial charge in [-0.2, -0.15) is 0 Å². The summed E-state index contributed by atoms with van der Waals surface area (Å²) >= 11 is 0. The summed E-state index contributed by atoms with van der Waals surface area (Å²) < 4.78 is 11.1. The summed E-state index contributed by atoms with van der Waals surface area (Å²) in [4.78, 5) is 4.57. The monoisotopic (exact) mass is 285 g/mol. The molecule has 1 heterocycles. The maximum Gasteiger partial charge on any atom is 0.191 e. The molecule has 0 radical (unpaired) electrons. The van der Waals surface area contributed by atoms with E-state index in [2.05, 4.69) is 36.4 Å². The summed E-state index contributed by atoms with van der Waals surface area (Å²) in [5, 5.41) is 6.59. The van der Waals surface area contributed by atoms with E-state index in [1.807, 2.05) is 0 Å². The van der Waals surface area contributed by atoms with E-state index in [9.17, 15) is 0 Å². The number of aliphatic imine (C=N–C) groups is 1. The van der Waals surface area contributed by atoms with Gasteiger partial charge >= 0.3 is 0 Å². The van der Waals surface area contributed by atoms with Gasteiger partial charge in [0.05, 0.1) is 12.6 Å². The molecule has 1 fully saturated rings. The van der Waals surface area contributed by atoms with Crippen LogP contribution in [0.25, 0.3) is 0 Å². The second kappa shape index (κ2) is 10.9. The summed E-state index contributed by atoms with van der Waals surface area (Å²) in [5.41, 5.74) is 0. The SMILES string of the molecule is CCNC(=NCC1CCCO1)NCCCOCC(C)C. The van der Waals surface area contributed by atoms with E-state index in [4.69, 9.17) is 9.47 Å². The van der Waals surface area contributed by atoms with Gasteiger partial charge in [0, 0.05) is 32.9 Å². The summed E-state index contributed by atoms with van der Waals surface area (Å²) in [6.07, 6.45) is 3.60. The minimum Gasteiger partial charge on any atom is -0.381 e. The van der Waals surface area contributed by atoms with Crippen LogP contribution < -0.4 is 10.6 Å². The Balaban J connectivity index is 2.12. The van der Waals surface area contributed by atoms with Crippen molar-refractivity contribution in [3.8, 4) is 0 Å². The molecule has 118 valence electrons. The maximum atomic E-state index is 5.58. The van der Waals surface area contributed by atoms with E-state index < -0.39 is 0 Å². The average molecular weight is 285 g/mol. The van der Waals surface area contributed by atoms with Gasteiger partial charge in [0.1, 0.15) is 0 Å². The molecule has 1 aliphatic heterocycles. The number of hydrogen-bond donors (Lipinski definition) is 2. The molecule has 1 atom stereocenters. The van der Waals surface area contributed by atoms with Crippen LogP contribution >= 0.6 is 0 Å². The molecule has 20 heavy (non-hydrogen) atoms. The summed E-state index contributed by atoms with van der Waals surface area (Å²) in [6, 6.07) is 0. The fraction of sp³-hybridized carbons (Fsp3) is 0.933. The number of hydrogen-bond acceptors (Lipinski definition) is 3. The Morgan fingerprint density at radius 3 is 2.90 bits per heavy atom. The lowest BCUT2D eigenvalue weighted by Crippen LogP contribution is -2.38. The molecule has 0 amide bonds. The minimum absolute atomic E-state index is 0.305. The Bertz CT molecular complexity index is 264. The molecular formula is C15H31N3O2. The predicted octanol–water partition coefficient (Wildman–Crippen LogP) is 1.78. The zero-order chi connectivity index (χ0) is 14.6. The molecule has 1 rings (SSSR count). The molecule has 1 aliphatic rings. The lowest BCUT2D eigenvalue weighted by Gasteiger charge is -2.13. The second-order valence-electron chi connectivity index (χ2n) is 5.60. The molecule has 5 heteroatoms. The van der Waals surface area contributed by atoms with E-state index in [0.29, 0.717) is 12.0 Å². The molecule has 0 bridgehead atoms. The van der Waals surface area contributed by atoms with Gasteiger partial charge in [-0.05, 0) is 32.1 Å². The minimum atomic E-state index is 0.305. The van der Waals surface area contributed by atoms with Crippen LogP contribution in [-0.2, 0) is 9.47 Å². The standard InChI is InChI=1S/C15H31N3O2/c1-4-16-15(18-11-14-7-5-10-20-14)17-8-6-9-19-12-13(2)3/h13-14H,4-12H2,1-3H3,(H2,16,17,18). The zero-order valence-corrected chi connectivity index (χ0v) is 13.3. The van der Waals surface area contributed by atoms with Crippen molar-refractivity contribution in [1.82, 2.24) is 10.6 Å². The quantitative estimate of drug-likeness (QED) is 0.385. The van der Waals surface area contributed by atoms with Crippen LogP contribution in [0.5, 0.6) is 0 Å². The van der Waals surface area contributed by atoms with Crippen molar-refractivity contribution in [3.63, 3.8) is 0 Å². The van der Waals surface area contributed by atoms with Gasteiger partial charge in [0.25, 0.3) is 0 Å². The molecule has 0 spiro atoms. The normalized spacial score (nSPS) is 19.6. The first-order chi connectivity index (χ1) is 9.72. The second-order valence-corrected chi connectivity index (χ2v) is 5.60. The van der Waals surface area contributed by atoms with Crippen molar-refractivity contribution >= 4 is 5.96 Å². The lowest BCUT2D eigenvalue weighted by atomic mass is 10.2. The van der Waals surface area contributed by atoms with Crippen molar-refractivity contribution in [3.05, 3.63) is 0 Å². The van der Waals surface area contributed by atoms with Crippen LogP contribution in [0.3, 0.4) is 0 Å². The molecule has 0 aromatic rings. The molecule has 0 saturated carbocycles. The Kier molecular flexibility index (Phi) is 9.41. The molecule has 0 aromatic heterocycles. The van der Waals surface area contributed by atoms with Gasteiger partial charge in [0.15, 0.2) is 5.96 Å². The fourth-order valence-corrected chi connectivity index (χ4v) is 2.02. The molecule has 1 saturated heterocycles. The van der Waals surface area contributed by atoms with Crippen LogP contribution in [0.4, 0.5) is 0 Å². The van der Waals surface area contributed by atoms with E-state index >= 15 is 0 Å². The van der Waals surface area contributed by atoms with Crippen LogP contribution in [0.1, 0.15) is 40.0 Å². The zero-order valence-electron chi connectivity index (χ0n) is 13.3. The molecule has 0 aromatic carbocycles. The highest BCUT2D eigenvalue weighted by atomic mass is 16.5. The molecule has 5 nitrogen and oxygen atoms in total. The van der Waals surface area contributed by atoms with Crippen LogP contribution in [0.2, 0.25) is 0 Å². The third kappa shape index (κ3) is 8.38. The third-order valence-electron chi connectivity index (χ3n) is 3.03. The van der Waals surface area contributed by atoms with Gasteiger partial charge < -0.3 is 20.1 Å².